The van der Waals surface area contributed by atoms with Crippen molar-refractivity contribution in [3.63, 3.8) is 0 Å². The molecule has 0 bridgehead atoms. The van der Waals surface area contributed by atoms with Crippen LogP contribution in [0.5, 0.6) is 0 Å². The summed E-state index contributed by atoms with van der Waals surface area (Å²) in [7, 11) is 1.84. The zero-order valence-electron chi connectivity index (χ0n) is 21.0. The molecule has 0 saturated carbocycles. The molecule has 4 rings (SSSR count). The second-order valence-electron chi connectivity index (χ2n) is 9.28. The summed E-state index contributed by atoms with van der Waals surface area (Å²) in [5, 5.41) is 15.9. The Hall–Kier alpha value is -3.59. The summed E-state index contributed by atoms with van der Waals surface area (Å²) < 4.78 is 16.1. The average molecular weight is 506 g/mol. The van der Waals surface area contributed by atoms with E-state index in [0.29, 0.717) is 23.4 Å². The van der Waals surface area contributed by atoms with Crippen LogP contribution in [0.4, 0.5) is 29.1 Å². The van der Waals surface area contributed by atoms with E-state index in [9.17, 15) is 9.47 Å². The van der Waals surface area contributed by atoms with Crippen molar-refractivity contribution in [1.29, 1.82) is 5.26 Å². The highest BCUT2D eigenvalue weighted by molar-refractivity contribution is 7.92. The summed E-state index contributed by atoms with van der Waals surface area (Å²) in [6.07, 6.45) is 5.60. The van der Waals surface area contributed by atoms with E-state index in [2.05, 4.69) is 72.0 Å². The Morgan fingerprint density at radius 1 is 1.17 bits per heavy atom. The van der Waals surface area contributed by atoms with E-state index in [1.54, 1.807) is 30.7 Å². The first-order chi connectivity index (χ1) is 17.2. The van der Waals surface area contributed by atoms with E-state index in [1.807, 2.05) is 6.07 Å². The van der Waals surface area contributed by atoms with Gasteiger partial charge in [0.25, 0.3) is 0 Å². The fraction of sp³-hybridized carbons (Fsp3) is 0.360. The van der Waals surface area contributed by atoms with Gasteiger partial charge in [-0.2, -0.15) is 14.6 Å². The van der Waals surface area contributed by atoms with Crippen molar-refractivity contribution in [3.05, 3.63) is 59.3 Å². The maximum atomic E-state index is 12.0. The quantitative estimate of drug-likeness (QED) is 0.473. The molecule has 0 spiro atoms. The van der Waals surface area contributed by atoms with E-state index in [-0.39, 0.29) is 5.56 Å². The summed E-state index contributed by atoms with van der Waals surface area (Å²) >= 11 is 0. The highest BCUT2D eigenvalue weighted by atomic mass is 32.2. The molecule has 0 radical (unpaired) electrons. The minimum atomic E-state index is -2.35. The molecule has 3 heterocycles. The molecule has 0 amide bonds. The second-order valence-corrected chi connectivity index (χ2v) is 11.8. The third kappa shape index (κ3) is 6.97. The van der Waals surface area contributed by atoms with E-state index in [4.69, 9.17) is 0 Å². The number of nitrogens with one attached hydrogen (secondary N) is 2. The number of likely N-dealkylation sites (N-methyl/N-ethyl adjacent to an activating group) is 1. The molecule has 188 valence electrons. The Morgan fingerprint density at radius 2 is 2.00 bits per heavy atom. The highest BCUT2D eigenvalue weighted by Gasteiger charge is 2.17. The van der Waals surface area contributed by atoms with Crippen LogP contribution in [0.25, 0.3) is 0 Å². The monoisotopic (exact) mass is 505 g/mol. The maximum absolute atomic E-state index is 12.0. The predicted octanol–water partition coefficient (Wildman–Crippen LogP) is 3.51. The number of anilines is 4. The molecule has 0 fully saturated rings. The van der Waals surface area contributed by atoms with Crippen molar-refractivity contribution in [2.45, 2.75) is 13.0 Å². The molecular formula is C25H31N9OS. The number of rotatable bonds is 8. The van der Waals surface area contributed by atoms with Gasteiger partial charge in [0.05, 0.1) is 6.20 Å². The van der Waals surface area contributed by atoms with Gasteiger partial charge in [0.1, 0.15) is 17.5 Å². The standard InChI is InChI=1S/C25H31N9OS/c1-33(2)12-13-34-11-10-18-8-9-21(14-19(18)17-34)28-25-27-16-20(15-26)24(31-25)30-22-6-5-7-23(29-22)32-36(3,4)35/h5-9,14,16H,10-13,17H2,1-4H3,(H2,27,28,29,30,31). The molecule has 36 heavy (non-hydrogen) atoms. The first-order valence-electron chi connectivity index (χ1n) is 11.6. The van der Waals surface area contributed by atoms with Gasteiger partial charge in [0.15, 0.2) is 11.6 Å². The second kappa shape index (κ2) is 11.0. The topological polar surface area (TPSA) is 122 Å². The molecule has 10 nitrogen and oxygen atoms in total. The van der Waals surface area contributed by atoms with Crippen molar-refractivity contribution >= 4 is 38.8 Å². The lowest BCUT2D eigenvalue weighted by atomic mass is 9.99. The van der Waals surface area contributed by atoms with Crippen LogP contribution in [0.2, 0.25) is 0 Å². The molecule has 0 atom stereocenters. The summed E-state index contributed by atoms with van der Waals surface area (Å²) in [5.74, 6) is 1.46. The molecule has 2 aromatic heterocycles. The first kappa shape index (κ1) is 25.5. The summed E-state index contributed by atoms with van der Waals surface area (Å²) in [6, 6.07) is 13.6. The number of pyridine rings is 1. The van der Waals surface area contributed by atoms with Gasteiger partial charge in [-0.15, -0.1) is 0 Å². The number of nitriles is 1. The first-order valence-corrected chi connectivity index (χ1v) is 14.0. The van der Waals surface area contributed by atoms with Crippen LogP contribution < -0.4 is 10.6 Å². The Kier molecular flexibility index (Phi) is 7.79. The van der Waals surface area contributed by atoms with Gasteiger partial charge in [-0.3, -0.25) is 4.90 Å². The summed E-state index contributed by atoms with van der Waals surface area (Å²) in [6.45, 7) is 4.05. The lowest BCUT2D eigenvalue weighted by Crippen LogP contribution is -2.35. The molecule has 2 N–H and O–H groups in total. The third-order valence-corrected chi connectivity index (χ3v) is 6.25. The number of aromatic nitrogens is 3. The normalized spacial score (nSPS) is 13.7. The van der Waals surface area contributed by atoms with Crippen LogP contribution in [0.3, 0.4) is 0 Å². The molecule has 1 aromatic carbocycles. The van der Waals surface area contributed by atoms with Crippen LogP contribution in [0.1, 0.15) is 16.7 Å². The fourth-order valence-electron chi connectivity index (χ4n) is 3.86. The minimum Gasteiger partial charge on any atom is -0.324 e. The van der Waals surface area contributed by atoms with Gasteiger partial charge in [-0.1, -0.05) is 12.1 Å². The van der Waals surface area contributed by atoms with Crippen molar-refractivity contribution in [2.24, 2.45) is 4.36 Å². The molecule has 3 aromatic rings. The van der Waals surface area contributed by atoms with Crippen LogP contribution in [0.15, 0.2) is 47.0 Å². The zero-order chi connectivity index (χ0) is 25.7. The highest BCUT2D eigenvalue weighted by Crippen LogP contribution is 2.25. The molecule has 0 aliphatic carbocycles. The van der Waals surface area contributed by atoms with Gasteiger partial charge < -0.3 is 15.5 Å². The lowest BCUT2D eigenvalue weighted by molar-refractivity contribution is 0.225. The van der Waals surface area contributed by atoms with Crippen molar-refractivity contribution in [1.82, 2.24) is 24.8 Å². The largest absolute Gasteiger partial charge is 0.324 e. The minimum absolute atomic E-state index is 0.279. The molecule has 0 unspecified atom stereocenters. The van der Waals surface area contributed by atoms with Gasteiger partial charge in [-0.25, -0.2) is 14.2 Å². The Balaban J connectivity index is 1.52. The van der Waals surface area contributed by atoms with Crippen LogP contribution in [-0.4, -0.2) is 75.2 Å². The van der Waals surface area contributed by atoms with Crippen LogP contribution in [0, 0.1) is 11.3 Å². The fourth-order valence-corrected chi connectivity index (χ4v) is 4.42. The third-order valence-electron chi connectivity index (χ3n) is 5.62. The van der Waals surface area contributed by atoms with E-state index < -0.39 is 9.73 Å². The number of hydrogen-bond donors (Lipinski definition) is 2. The lowest BCUT2D eigenvalue weighted by Gasteiger charge is -2.30. The summed E-state index contributed by atoms with van der Waals surface area (Å²) in [4.78, 5) is 17.9. The Bertz CT molecular complexity index is 1400. The van der Waals surface area contributed by atoms with Gasteiger partial charge >= 0.3 is 0 Å². The molecular weight excluding hydrogens is 474 g/mol. The molecule has 1 aliphatic heterocycles. The van der Waals surface area contributed by atoms with Gasteiger partial charge in [-0.05, 0) is 55.9 Å². The van der Waals surface area contributed by atoms with Gasteiger partial charge in [0.2, 0.25) is 5.95 Å². The molecule has 0 saturated heterocycles. The predicted molar refractivity (Wildman–Crippen MR) is 144 cm³/mol. The average Bonchev–Trinajstić information content (AvgIpc) is 2.82. The van der Waals surface area contributed by atoms with Crippen LogP contribution >= 0.6 is 0 Å². The van der Waals surface area contributed by atoms with Crippen LogP contribution in [-0.2, 0) is 22.7 Å². The SMILES string of the molecule is CN(C)CCN1CCc2ccc(Nc3ncc(C#N)c(Nc4cccc(N=S(C)(C)=O)n4)n3)cc2C1. The van der Waals surface area contributed by atoms with Crippen molar-refractivity contribution in [2.75, 3.05) is 56.9 Å². The number of benzene rings is 1. The zero-order valence-corrected chi connectivity index (χ0v) is 21.8. The van der Waals surface area contributed by atoms with Gasteiger partial charge in [0, 0.05) is 54.1 Å². The molecule has 1 aliphatic rings. The maximum Gasteiger partial charge on any atom is 0.229 e. The number of hydrogen-bond acceptors (Lipinski definition) is 10. The van der Waals surface area contributed by atoms with E-state index >= 15 is 0 Å². The molecule has 11 heteroatoms. The van der Waals surface area contributed by atoms with E-state index in [1.165, 1.54) is 17.3 Å². The summed E-state index contributed by atoms with van der Waals surface area (Å²) in [5.41, 5.74) is 3.83. The number of fused-ring (bicyclic) bond motifs is 1. The Labute approximate surface area is 212 Å². The number of nitrogens with zero attached hydrogens (tertiary/aromatic N) is 7. The van der Waals surface area contributed by atoms with Crippen molar-refractivity contribution in [3.8, 4) is 6.07 Å². The van der Waals surface area contributed by atoms with E-state index in [0.717, 1.165) is 38.3 Å². The Morgan fingerprint density at radius 3 is 2.75 bits per heavy atom. The smallest absolute Gasteiger partial charge is 0.229 e. The van der Waals surface area contributed by atoms with Crippen molar-refractivity contribution < 1.29 is 4.21 Å².